The summed E-state index contributed by atoms with van der Waals surface area (Å²) in [5.74, 6) is 0. The molecule has 3 atom stereocenters. The van der Waals surface area contributed by atoms with Gasteiger partial charge in [-0.15, -0.1) is 11.3 Å². The van der Waals surface area contributed by atoms with E-state index < -0.39 is 35.7 Å². The highest BCUT2D eigenvalue weighted by Crippen LogP contribution is 2.45. The van der Waals surface area contributed by atoms with Gasteiger partial charge in [0.25, 0.3) is 10.0 Å². The van der Waals surface area contributed by atoms with Gasteiger partial charge in [-0.2, -0.15) is 13.2 Å². The van der Waals surface area contributed by atoms with Gasteiger partial charge >= 0.3 is 12.3 Å². The van der Waals surface area contributed by atoms with Crippen molar-refractivity contribution in [2.24, 2.45) is 0 Å². The molecule has 0 saturated carbocycles. The zero-order chi connectivity index (χ0) is 43.0. The van der Waals surface area contributed by atoms with Crippen molar-refractivity contribution in [3.05, 3.63) is 125 Å². The Morgan fingerprint density at radius 3 is 2.05 bits per heavy atom. The zero-order valence-corrected chi connectivity index (χ0v) is 37.3. The molecule has 8 nitrogen and oxygen atoms in total. The Bertz CT molecular complexity index is 2320. The number of carbonyl (C=O) groups is 1. The maximum atomic E-state index is 14.1. The molecule has 1 amide bonds. The molecule has 0 radical (unpaired) electrons. The number of anilines is 1. The molecule has 6 rings (SSSR count). The van der Waals surface area contributed by atoms with Gasteiger partial charge in [0.2, 0.25) is 0 Å². The molecule has 2 heterocycles. The zero-order valence-electron chi connectivity index (χ0n) is 34.6. The Kier molecular flexibility index (Phi) is 12.6. The van der Waals surface area contributed by atoms with E-state index in [4.69, 9.17) is 9.16 Å². The molecule has 5 aromatic rings. The number of nitrogens with zero attached hydrogens (tertiary/aromatic N) is 2. The number of hydrogen-bond acceptors (Lipinski definition) is 7. The first-order valence-corrected chi connectivity index (χ1v) is 24.9. The van der Waals surface area contributed by atoms with Gasteiger partial charge in [0, 0.05) is 28.2 Å². The Balaban J connectivity index is 1.16. The molecule has 1 saturated heterocycles. The molecule has 59 heavy (non-hydrogen) atoms. The summed E-state index contributed by atoms with van der Waals surface area (Å²) in [6.07, 6.45) is -3.12. The van der Waals surface area contributed by atoms with Crippen molar-refractivity contribution in [2.75, 3.05) is 4.72 Å². The summed E-state index contributed by atoms with van der Waals surface area (Å²) >= 11 is 1.31. The summed E-state index contributed by atoms with van der Waals surface area (Å²) in [6, 6.07) is 28.0. The summed E-state index contributed by atoms with van der Waals surface area (Å²) in [5, 5.41) is 2.31. The molecule has 314 valence electrons. The van der Waals surface area contributed by atoms with E-state index in [0.29, 0.717) is 33.9 Å². The van der Waals surface area contributed by atoms with Crippen LogP contribution in [0, 0.1) is 0 Å². The van der Waals surface area contributed by atoms with Crippen LogP contribution in [0.5, 0.6) is 0 Å². The van der Waals surface area contributed by atoms with E-state index in [0.717, 1.165) is 36.1 Å². The lowest BCUT2D eigenvalue weighted by molar-refractivity contribution is -0.137. The first-order valence-electron chi connectivity index (χ1n) is 19.6. The monoisotopic (exact) mass is 863 g/mol. The average molecular weight is 864 g/mol. The first-order chi connectivity index (χ1) is 27.5. The minimum atomic E-state index is -4.42. The molecule has 1 N–H and O–H groups in total. The molecule has 0 aliphatic carbocycles. The molecule has 1 aliphatic heterocycles. The number of sulfonamides is 1. The number of likely N-dealkylation sites (tertiary alicyclic amines) is 1. The summed E-state index contributed by atoms with van der Waals surface area (Å²) in [6.45, 7) is 16.7. The van der Waals surface area contributed by atoms with Crippen LogP contribution in [0.1, 0.15) is 77.2 Å². The summed E-state index contributed by atoms with van der Waals surface area (Å²) in [5.41, 5.74) is 2.67. The van der Waals surface area contributed by atoms with E-state index >= 15 is 0 Å². The number of aromatic nitrogens is 1. The van der Waals surface area contributed by atoms with Crippen molar-refractivity contribution >= 4 is 41.5 Å². The normalized spacial score (nSPS) is 17.2. The maximum absolute atomic E-state index is 14.1. The van der Waals surface area contributed by atoms with Crippen LogP contribution in [0.2, 0.25) is 18.1 Å². The van der Waals surface area contributed by atoms with Crippen LogP contribution in [0.25, 0.3) is 21.8 Å². The van der Waals surface area contributed by atoms with E-state index in [1.807, 2.05) is 56.0 Å². The molecular formula is C45H52F3N3O5S2Si. The van der Waals surface area contributed by atoms with Crippen molar-refractivity contribution in [3.8, 4) is 21.8 Å². The third-order valence-corrected chi connectivity index (χ3v) is 17.7. The van der Waals surface area contributed by atoms with Crippen LogP contribution >= 0.6 is 11.3 Å². The van der Waals surface area contributed by atoms with Crippen LogP contribution in [-0.2, 0) is 31.8 Å². The van der Waals surface area contributed by atoms with Crippen molar-refractivity contribution in [2.45, 2.75) is 114 Å². The van der Waals surface area contributed by atoms with Gasteiger partial charge in [0.1, 0.15) is 10.6 Å². The van der Waals surface area contributed by atoms with Crippen LogP contribution in [0.4, 0.5) is 23.7 Å². The second-order valence-electron chi connectivity index (χ2n) is 17.5. The molecule has 1 aliphatic rings. The highest BCUT2D eigenvalue weighted by molar-refractivity contribution is 7.92. The molecule has 14 heteroatoms. The van der Waals surface area contributed by atoms with Gasteiger partial charge in [0.05, 0.1) is 28.3 Å². The van der Waals surface area contributed by atoms with Gasteiger partial charge in [-0.25, -0.2) is 18.2 Å². The highest BCUT2D eigenvalue weighted by atomic mass is 32.2. The topological polar surface area (TPSA) is 97.8 Å². The van der Waals surface area contributed by atoms with Crippen molar-refractivity contribution in [1.29, 1.82) is 0 Å². The molecule has 1 aromatic heterocycles. The number of carbonyl (C=O) groups excluding carboxylic acids is 1. The van der Waals surface area contributed by atoms with Gasteiger partial charge in [-0.3, -0.25) is 9.62 Å². The van der Waals surface area contributed by atoms with Gasteiger partial charge in [-0.05, 0) is 106 Å². The average Bonchev–Trinajstić information content (AvgIpc) is 3.82. The Hall–Kier alpha value is -4.50. The van der Waals surface area contributed by atoms with Crippen molar-refractivity contribution < 1.29 is 35.5 Å². The quantitative estimate of drug-likeness (QED) is 0.133. The highest BCUT2D eigenvalue weighted by Gasteiger charge is 2.47. The first kappa shape index (κ1) is 44.1. The standard InChI is InChI=1S/C45H52F3N3O5S2Si/c1-43(2,3)55-42(52)51-36(24-27-39(51)40(32-12-10-9-11-13-32)56-59(7,8)44(4,5)6)28-30-14-22-35(23-15-30)50-58(53,54)37-25-18-33(19-26-37)41-49-38(29-57-41)31-16-20-34(21-17-31)45(46,47)48/h9-23,25-26,29,36,39-40,50H,24,27-28H2,1-8H3/t36-,39+,40+/m0/s1. The van der Waals surface area contributed by atoms with Gasteiger partial charge < -0.3 is 9.16 Å². The third-order valence-electron chi connectivity index (χ3n) is 11.0. The van der Waals surface area contributed by atoms with E-state index in [2.05, 4.69) is 55.7 Å². The number of rotatable bonds is 11. The number of hydrogen-bond donors (Lipinski definition) is 1. The predicted molar refractivity (Wildman–Crippen MR) is 231 cm³/mol. The molecule has 0 unspecified atom stereocenters. The van der Waals surface area contributed by atoms with Crippen LogP contribution in [-0.4, -0.2) is 50.4 Å². The summed E-state index contributed by atoms with van der Waals surface area (Å²) in [4.78, 5) is 20.6. The fourth-order valence-corrected chi connectivity index (χ4v) is 10.0. The van der Waals surface area contributed by atoms with Gasteiger partial charge in [0.15, 0.2) is 8.32 Å². The maximum Gasteiger partial charge on any atom is 0.416 e. The Labute approximate surface area is 351 Å². The minimum absolute atomic E-state index is 0.0448. The Morgan fingerprint density at radius 1 is 0.864 bits per heavy atom. The lowest BCUT2D eigenvalue weighted by Gasteiger charge is -2.43. The van der Waals surface area contributed by atoms with Gasteiger partial charge in [-0.1, -0.05) is 87.5 Å². The SMILES string of the molecule is CC(C)(C)OC(=O)N1[C@H](Cc2ccc(NS(=O)(=O)c3ccc(-c4nc(-c5ccc(C(F)(F)F)cc5)cs4)cc3)cc2)CC[C@@H]1[C@H](O[Si](C)(C)C(C)(C)C)c1ccccc1. The molecular weight excluding hydrogens is 812 g/mol. The second kappa shape index (κ2) is 16.9. The molecule has 4 aromatic carbocycles. The van der Waals surface area contributed by atoms with E-state index in [-0.39, 0.29) is 34.2 Å². The Morgan fingerprint density at radius 2 is 1.47 bits per heavy atom. The number of benzene rings is 4. The third kappa shape index (κ3) is 10.6. The fourth-order valence-electron chi connectivity index (χ4n) is 6.86. The van der Waals surface area contributed by atoms with E-state index in [1.54, 1.807) is 29.6 Å². The summed E-state index contributed by atoms with van der Waals surface area (Å²) in [7, 11) is -6.22. The lowest BCUT2D eigenvalue weighted by Crippen LogP contribution is -2.50. The summed E-state index contributed by atoms with van der Waals surface area (Å²) < 4.78 is 81.7. The van der Waals surface area contributed by atoms with Crippen LogP contribution < -0.4 is 4.72 Å². The molecule has 0 bridgehead atoms. The van der Waals surface area contributed by atoms with Crippen LogP contribution in [0.15, 0.2) is 113 Å². The smallest absolute Gasteiger partial charge is 0.416 e. The molecule has 0 spiro atoms. The van der Waals surface area contributed by atoms with Crippen LogP contribution in [0.3, 0.4) is 0 Å². The number of ether oxygens (including phenoxy) is 1. The largest absolute Gasteiger partial charge is 0.444 e. The van der Waals surface area contributed by atoms with Crippen molar-refractivity contribution in [1.82, 2.24) is 9.88 Å². The predicted octanol–water partition coefficient (Wildman–Crippen LogP) is 12.4. The van der Waals surface area contributed by atoms with E-state index in [9.17, 15) is 26.4 Å². The lowest BCUT2D eigenvalue weighted by atomic mass is 10.0. The number of nitrogens with one attached hydrogen (secondary N) is 1. The minimum Gasteiger partial charge on any atom is -0.444 e. The van der Waals surface area contributed by atoms with Crippen molar-refractivity contribution in [3.63, 3.8) is 0 Å². The number of amides is 1. The number of alkyl halides is 3. The number of halogens is 3. The second-order valence-corrected chi connectivity index (χ2v) is 24.8. The van der Waals surface area contributed by atoms with E-state index in [1.165, 1.54) is 35.6 Å². The number of thiazole rings is 1. The molecule has 1 fully saturated rings. The fraction of sp³-hybridized carbons (Fsp3) is 0.378.